The summed E-state index contributed by atoms with van der Waals surface area (Å²) in [4.78, 5) is 20.5. The van der Waals surface area contributed by atoms with E-state index < -0.39 is 0 Å². The molecule has 1 aromatic carbocycles. The summed E-state index contributed by atoms with van der Waals surface area (Å²) in [6.45, 7) is 5.29. The van der Waals surface area contributed by atoms with Crippen LogP contribution in [0.3, 0.4) is 0 Å². The molecule has 3 rings (SSSR count). The number of carbonyl (C=O) groups is 1. The van der Waals surface area contributed by atoms with Gasteiger partial charge in [0.05, 0.1) is 6.33 Å². The molecular formula is C16H21N5O. The fourth-order valence-electron chi connectivity index (χ4n) is 2.57. The van der Waals surface area contributed by atoms with Crippen LogP contribution < -0.4 is 5.32 Å². The molecule has 1 fully saturated rings. The lowest BCUT2D eigenvalue weighted by atomic mass is 10.3. The second kappa shape index (κ2) is 7.09. The van der Waals surface area contributed by atoms with E-state index in [2.05, 4.69) is 19.8 Å². The van der Waals surface area contributed by atoms with Crippen molar-refractivity contribution in [2.75, 3.05) is 38.0 Å². The first kappa shape index (κ1) is 14.6. The predicted molar refractivity (Wildman–Crippen MR) is 85.7 cm³/mol. The van der Waals surface area contributed by atoms with Crippen LogP contribution in [0, 0.1) is 0 Å². The molecule has 0 atom stereocenters. The molecular weight excluding hydrogens is 278 g/mol. The molecule has 116 valence electrons. The summed E-state index contributed by atoms with van der Waals surface area (Å²) in [6, 6.07) is 9.57. The van der Waals surface area contributed by atoms with Gasteiger partial charge in [0.15, 0.2) is 0 Å². The van der Waals surface area contributed by atoms with Gasteiger partial charge in [0.25, 0.3) is 0 Å². The summed E-state index contributed by atoms with van der Waals surface area (Å²) in [6.07, 6.45) is 5.61. The van der Waals surface area contributed by atoms with Gasteiger partial charge >= 0.3 is 6.03 Å². The molecule has 2 heterocycles. The maximum absolute atomic E-state index is 12.2. The summed E-state index contributed by atoms with van der Waals surface area (Å²) >= 11 is 0. The fraction of sp³-hybridized carbons (Fsp3) is 0.375. The maximum Gasteiger partial charge on any atom is 0.321 e. The Labute approximate surface area is 130 Å². The molecule has 0 unspecified atom stereocenters. The Balaban J connectivity index is 1.42. The van der Waals surface area contributed by atoms with Crippen LogP contribution in [0.25, 0.3) is 0 Å². The van der Waals surface area contributed by atoms with Crippen LogP contribution in [0.5, 0.6) is 0 Å². The Morgan fingerprint density at radius 3 is 2.55 bits per heavy atom. The molecule has 1 aromatic heterocycles. The Morgan fingerprint density at radius 1 is 1.09 bits per heavy atom. The number of urea groups is 1. The smallest absolute Gasteiger partial charge is 0.321 e. The van der Waals surface area contributed by atoms with Gasteiger partial charge in [0, 0.05) is 57.3 Å². The second-order valence-corrected chi connectivity index (χ2v) is 5.43. The predicted octanol–water partition coefficient (Wildman–Crippen LogP) is 1.73. The summed E-state index contributed by atoms with van der Waals surface area (Å²) in [7, 11) is 0. The van der Waals surface area contributed by atoms with Gasteiger partial charge in [-0.2, -0.15) is 0 Å². The van der Waals surface area contributed by atoms with E-state index in [0.29, 0.717) is 0 Å². The molecule has 0 radical (unpaired) electrons. The normalized spacial score (nSPS) is 15.7. The molecule has 22 heavy (non-hydrogen) atoms. The Kier molecular flexibility index (Phi) is 4.70. The number of piperazine rings is 1. The SMILES string of the molecule is O=C(Nc1ccccc1)N1CCN(CCn2ccnc2)CC1. The first-order valence-corrected chi connectivity index (χ1v) is 7.60. The number of hydrogen-bond donors (Lipinski definition) is 1. The molecule has 0 bridgehead atoms. The first-order chi connectivity index (χ1) is 10.8. The molecule has 1 aliphatic heterocycles. The van der Waals surface area contributed by atoms with E-state index in [9.17, 15) is 4.79 Å². The van der Waals surface area contributed by atoms with E-state index in [0.717, 1.165) is 45.0 Å². The van der Waals surface area contributed by atoms with Gasteiger partial charge in [0.1, 0.15) is 0 Å². The average Bonchev–Trinajstić information content (AvgIpc) is 3.08. The van der Waals surface area contributed by atoms with Crippen molar-refractivity contribution in [3.63, 3.8) is 0 Å². The molecule has 0 spiro atoms. The van der Waals surface area contributed by atoms with Crippen LogP contribution in [-0.4, -0.2) is 58.1 Å². The number of anilines is 1. The highest BCUT2D eigenvalue weighted by molar-refractivity contribution is 5.89. The van der Waals surface area contributed by atoms with Gasteiger partial charge in [-0.25, -0.2) is 9.78 Å². The molecule has 0 saturated carbocycles. The third kappa shape index (κ3) is 3.85. The number of nitrogens with zero attached hydrogens (tertiary/aromatic N) is 4. The van der Waals surface area contributed by atoms with E-state index in [1.807, 2.05) is 47.8 Å². The lowest BCUT2D eigenvalue weighted by Gasteiger charge is -2.34. The summed E-state index contributed by atoms with van der Waals surface area (Å²) in [5.74, 6) is 0. The molecule has 6 nitrogen and oxygen atoms in total. The molecule has 1 saturated heterocycles. The standard InChI is InChI=1S/C16H21N5O/c22-16(18-15-4-2-1-3-5-15)21-12-10-19(11-13-21)8-9-20-7-6-17-14-20/h1-7,14H,8-13H2,(H,18,22). The number of carbonyl (C=O) groups excluding carboxylic acids is 1. The largest absolute Gasteiger partial charge is 0.336 e. The number of hydrogen-bond acceptors (Lipinski definition) is 3. The van der Waals surface area contributed by atoms with Crippen LogP contribution in [0.1, 0.15) is 0 Å². The van der Waals surface area contributed by atoms with E-state index in [1.165, 1.54) is 0 Å². The highest BCUT2D eigenvalue weighted by atomic mass is 16.2. The topological polar surface area (TPSA) is 53.4 Å². The fourth-order valence-corrected chi connectivity index (χ4v) is 2.57. The number of nitrogens with one attached hydrogen (secondary N) is 1. The number of rotatable bonds is 4. The van der Waals surface area contributed by atoms with E-state index in [1.54, 1.807) is 6.20 Å². The summed E-state index contributed by atoms with van der Waals surface area (Å²) in [5.41, 5.74) is 0.843. The van der Waals surface area contributed by atoms with Crippen molar-refractivity contribution in [2.24, 2.45) is 0 Å². The van der Waals surface area contributed by atoms with Crippen LogP contribution in [0.4, 0.5) is 10.5 Å². The quantitative estimate of drug-likeness (QED) is 0.935. The Morgan fingerprint density at radius 2 is 1.86 bits per heavy atom. The zero-order valence-electron chi connectivity index (χ0n) is 12.6. The number of imidazole rings is 1. The number of para-hydroxylation sites is 1. The Hall–Kier alpha value is -2.34. The average molecular weight is 299 g/mol. The lowest BCUT2D eigenvalue weighted by molar-refractivity contribution is 0.144. The van der Waals surface area contributed by atoms with Crippen molar-refractivity contribution >= 4 is 11.7 Å². The van der Waals surface area contributed by atoms with Crippen LogP contribution in [0.15, 0.2) is 49.1 Å². The van der Waals surface area contributed by atoms with Crippen LogP contribution >= 0.6 is 0 Å². The van der Waals surface area contributed by atoms with Gasteiger partial charge in [-0.1, -0.05) is 18.2 Å². The number of amides is 2. The monoisotopic (exact) mass is 299 g/mol. The van der Waals surface area contributed by atoms with Gasteiger partial charge in [-0.05, 0) is 12.1 Å². The molecule has 1 N–H and O–H groups in total. The van der Waals surface area contributed by atoms with E-state index in [-0.39, 0.29) is 6.03 Å². The third-order valence-electron chi connectivity index (χ3n) is 3.92. The zero-order valence-corrected chi connectivity index (χ0v) is 12.6. The summed E-state index contributed by atoms with van der Waals surface area (Å²) < 4.78 is 2.08. The molecule has 2 aromatic rings. The van der Waals surface area contributed by atoms with Gasteiger partial charge in [0.2, 0.25) is 0 Å². The minimum Gasteiger partial charge on any atom is -0.336 e. The van der Waals surface area contributed by atoms with Gasteiger partial charge in [-0.15, -0.1) is 0 Å². The summed E-state index contributed by atoms with van der Waals surface area (Å²) in [5, 5.41) is 2.94. The third-order valence-corrected chi connectivity index (χ3v) is 3.92. The van der Waals surface area contributed by atoms with Crippen molar-refractivity contribution in [3.05, 3.63) is 49.1 Å². The van der Waals surface area contributed by atoms with Gasteiger partial charge in [-0.3, -0.25) is 4.90 Å². The minimum atomic E-state index is -0.0135. The zero-order chi connectivity index (χ0) is 15.2. The number of benzene rings is 1. The molecule has 6 heteroatoms. The van der Waals surface area contributed by atoms with Crippen molar-refractivity contribution in [2.45, 2.75) is 6.54 Å². The van der Waals surface area contributed by atoms with Crippen molar-refractivity contribution in [1.82, 2.24) is 19.4 Å². The molecule has 2 amide bonds. The van der Waals surface area contributed by atoms with E-state index >= 15 is 0 Å². The van der Waals surface area contributed by atoms with Gasteiger partial charge < -0.3 is 14.8 Å². The lowest BCUT2D eigenvalue weighted by Crippen LogP contribution is -2.50. The highest BCUT2D eigenvalue weighted by Crippen LogP contribution is 2.08. The minimum absolute atomic E-state index is 0.0135. The van der Waals surface area contributed by atoms with E-state index in [4.69, 9.17) is 0 Å². The Bertz CT molecular complexity index is 576. The van der Waals surface area contributed by atoms with Crippen LogP contribution in [0.2, 0.25) is 0 Å². The highest BCUT2D eigenvalue weighted by Gasteiger charge is 2.20. The van der Waals surface area contributed by atoms with Crippen molar-refractivity contribution in [1.29, 1.82) is 0 Å². The first-order valence-electron chi connectivity index (χ1n) is 7.60. The van der Waals surface area contributed by atoms with Crippen molar-refractivity contribution in [3.8, 4) is 0 Å². The maximum atomic E-state index is 12.2. The van der Waals surface area contributed by atoms with Crippen molar-refractivity contribution < 1.29 is 4.79 Å². The number of aromatic nitrogens is 2. The second-order valence-electron chi connectivity index (χ2n) is 5.43. The molecule has 1 aliphatic rings. The van der Waals surface area contributed by atoms with Crippen LogP contribution in [-0.2, 0) is 6.54 Å². The molecule has 0 aliphatic carbocycles.